The first-order chi connectivity index (χ1) is 9.58. The smallest absolute Gasteiger partial charge is 0.312 e. The Morgan fingerprint density at radius 2 is 2.20 bits per heavy atom. The van der Waals surface area contributed by atoms with Crippen LogP contribution in [0.25, 0.3) is 11.4 Å². The van der Waals surface area contributed by atoms with Crippen molar-refractivity contribution in [3.63, 3.8) is 0 Å². The number of nitrogens with zero attached hydrogens (tertiary/aromatic N) is 2. The van der Waals surface area contributed by atoms with Gasteiger partial charge in [0.05, 0.1) is 5.69 Å². The molecule has 0 aliphatic carbocycles. The summed E-state index contributed by atoms with van der Waals surface area (Å²) >= 11 is 12.2. The van der Waals surface area contributed by atoms with Gasteiger partial charge in [-0.2, -0.15) is 0 Å². The van der Waals surface area contributed by atoms with Crippen LogP contribution in [0.4, 0.5) is 0 Å². The van der Waals surface area contributed by atoms with E-state index in [2.05, 4.69) is 4.98 Å². The molecular weight excluding hydrogens is 299 g/mol. The van der Waals surface area contributed by atoms with Gasteiger partial charge in [0.25, 0.3) is 0 Å². The zero-order valence-corrected chi connectivity index (χ0v) is 12.0. The summed E-state index contributed by atoms with van der Waals surface area (Å²) in [5.74, 6) is -0.763. The van der Waals surface area contributed by atoms with Crippen LogP contribution in [-0.4, -0.2) is 20.6 Å². The van der Waals surface area contributed by atoms with E-state index in [1.54, 1.807) is 12.1 Å². The van der Waals surface area contributed by atoms with E-state index >= 15 is 0 Å². The number of carboxylic acid groups (broad SMARTS) is 1. The fourth-order valence-electron chi connectivity index (χ4n) is 2.67. The van der Waals surface area contributed by atoms with Crippen LogP contribution >= 0.6 is 23.2 Å². The van der Waals surface area contributed by atoms with Gasteiger partial charge in [-0.3, -0.25) is 4.79 Å². The summed E-state index contributed by atoms with van der Waals surface area (Å²) in [5.41, 5.74) is 1.44. The molecule has 1 atom stereocenters. The van der Waals surface area contributed by atoms with Crippen LogP contribution in [0.3, 0.4) is 0 Å². The average molecular weight is 311 g/mol. The maximum absolute atomic E-state index is 11.3. The zero-order valence-electron chi connectivity index (χ0n) is 10.5. The van der Waals surface area contributed by atoms with E-state index in [1.807, 2.05) is 16.7 Å². The minimum Gasteiger partial charge on any atom is -0.481 e. The lowest BCUT2D eigenvalue weighted by Gasteiger charge is -2.22. The monoisotopic (exact) mass is 310 g/mol. The molecule has 2 heterocycles. The number of imidazole rings is 1. The highest BCUT2D eigenvalue weighted by atomic mass is 35.5. The second kappa shape index (κ2) is 5.11. The predicted octanol–water partition coefficient (Wildman–Crippen LogP) is 3.82. The van der Waals surface area contributed by atoms with E-state index in [0.29, 0.717) is 23.0 Å². The third kappa shape index (κ3) is 2.19. The largest absolute Gasteiger partial charge is 0.481 e. The van der Waals surface area contributed by atoms with Gasteiger partial charge < -0.3 is 9.67 Å². The van der Waals surface area contributed by atoms with Crippen LogP contribution in [0.5, 0.6) is 0 Å². The van der Waals surface area contributed by atoms with Gasteiger partial charge in [0.2, 0.25) is 0 Å². The SMILES string of the molecule is O=C(O)C1CCCn2c(-c3cccc(Cl)c3)nc(Cl)c21. The Morgan fingerprint density at radius 3 is 2.90 bits per heavy atom. The van der Waals surface area contributed by atoms with Crippen LogP contribution in [0, 0.1) is 0 Å². The van der Waals surface area contributed by atoms with Gasteiger partial charge in [-0.15, -0.1) is 0 Å². The van der Waals surface area contributed by atoms with Crippen molar-refractivity contribution in [3.05, 3.63) is 40.1 Å². The maximum atomic E-state index is 11.3. The minimum atomic E-state index is -0.856. The summed E-state index contributed by atoms with van der Waals surface area (Å²) in [6, 6.07) is 7.32. The number of aromatic nitrogens is 2. The third-order valence-corrected chi connectivity index (χ3v) is 4.06. The van der Waals surface area contributed by atoms with Gasteiger partial charge in [-0.1, -0.05) is 35.3 Å². The molecule has 1 aromatic heterocycles. The van der Waals surface area contributed by atoms with Crippen molar-refractivity contribution in [2.24, 2.45) is 0 Å². The molecule has 0 fully saturated rings. The highest BCUT2D eigenvalue weighted by molar-refractivity contribution is 6.31. The normalized spacial score (nSPS) is 17.8. The Bertz CT molecular complexity index is 682. The summed E-state index contributed by atoms with van der Waals surface area (Å²) in [7, 11) is 0. The molecule has 0 radical (unpaired) electrons. The van der Waals surface area contributed by atoms with Crippen molar-refractivity contribution in [1.82, 2.24) is 9.55 Å². The van der Waals surface area contributed by atoms with E-state index in [-0.39, 0.29) is 5.15 Å². The number of rotatable bonds is 2. The van der Waals surface area contributed by atoms with Gasteiger partial charge in [0.1, 0.15) is 11.7 Å². The molecule has 0 saturated heterocycles. The fourth-order valence-corrected chi connectivity index (χ4v) is 3.18. The van der Waals surface area contributed by atoms with E-state index in [0.717, 1.165) is 18.5 Å². The summed E-state index contributed by atoms with van der Waals surface area (Å²) in [4.78, 5) is 15.7. The number of aliphatic carboxylic acids is 1. The predicted molar refractivity (Wildman–Crippen MR) is 77.3 cm³/mol. The number of hydrogen-bond acceptors (Lipinski definition) is 2. The van der Waals surface area contributed by atoms with Crippen molar-refractivity contribution in [3.8, 4) is 11.4 Å². The van der Waals surface area contributed by atoms with Crippen molar-refractivity contribution < 1.29 is 9.90 Å². The number of halogens is 2. The zero-order chi connectivity index (χ0) is 14.3. The highest BCUT2D eigenvalue weighted by Crippen LogP contribution is 2.37. The second-order valence-electron chi connectivity index (χ2n) is 4.81. The first-order valence-electron chi connectivity index (χ1n) is 6.32. The van der Waals surface area contributed by atoms with Gasteiger partial charge >= 0.3 is 5.97 Å². The summed E-state index contributed by atoms with van der Waals surface area (Å²) in [6.45, 7) is 0.723. The minimum absolute atomic E-state index is 0.270. The molecule has 0 spiro atoms. The van der Waals surface area contributed by atoms with E-state index in [4.69, 9.17) is 23.2 Å². The molecule has 1 aliphatic heterocycles. The number of hydrogen-bond donors (Lipinski definition) is 1. The van der Waals surface area contributed by atoms with Gasteiger partial charge in [-0.25, -0.2) is 4.98 Å². The quantitative estimate of drug-likeness (QED) is 0.917. The number of carbonyl (C=O) groups is 1. The molecule has 6 heteroatoms. The second-order valence-corrected chi connectivity index (χ2v) is 5.60. The van der Waals surface area contributed by atoms with Crippen molar-refractivity contribution in [2.75, 3.05) is 0 Å². The summed E-state index contributed by atoms with van der Waals surface area (Å²) in [6.07, 6.45) is 1.39. The summed E-state index contributed by atoms with van der Waals surface area (Å²) < 4.78 is 1.90. The molecule has 2 aromatic rings. The lowest BCUT2D eigenvalue weighted by Crippen LogP contribution is -2.22. The topological polar surface area (TPSA) is 55.1 Å². The molecule has 1 unspecified atom stereocenters. The standard InChI is InChI=1S/C14H12Cl2N2O2/c15-9-4-1-3-8(7-9)13-17-12(16)11-10(14(19)20)5-2-6-18(11)13/h1,3-4,7,10H,2,5-6H2,(H,19,20). The van der Waals surface area contributed by atoms with Crippen LogP contribution in [0.15, 0.2) is 24.3 Å². The first kappa shape index (κ1) is 13.5. The molecule has 0 amide bonds. The first-order valence-corrected chi connectivity index (χ1v) is 7.08. The van der Waals surface area contributed by atoms with Crippen LogP contribution in [0.2, 0.25) is 10.2 Å². The molecule has 1 aliphatic rings. The van der Waals surface area contributed by atoms with Crippen LogP contribution in [-0.2, 0) is 11.3 Å². The Morgan fingerprint density at radius 1 is 1.40 bits per heavy atom. The molecule has 3 rings (SSSR count). The maximum Gasteiger partial charge on any atom is 0.312 e. The van der Waals surface area contributed by atoms with Gasteiger partial charge in [0.15, 0.2) is 5.15 Å². The molecule has 0 saturated carbocycles. The Balaban J connectivity index is 2.16. The molecular formula is C14H12Cl2N2O2. The van der Waals surface area contributed by atoms with E-state index < -0.39 is 11.9 Å². The average Bonchev–Trinajstić information content (AvgIpc) is 2.76. The van der Waals surface area contributed by atoms with Crippen LogP contribution in [0.1, 0.15) is 24.5 Å². The molecule has 4 nitrogen and oxygen atoms in total. The molecule has 1 aromatic carbocycles. The Kier molecular flexibility index (Phi) is 3.44. The van der Waals surface area contributed by atoms with E-state index in [9.17, 15) is 9.90 Å². The van der Waals surface area contributed by atoms with Crippen molar-refractivity contribution in [2.45, 2.75) is 25.3 Å². The van der Waals surface area contributed by atoms with Crippen molar-refractivity contribution in [1.29, 1.82) is 0 Å². The molecule has 1 N–H and O–H groups in total. The molecule has 0 bridgehead atoms. The van der Waals surface area contributed by atoms with Gasteiger partial charge in [0, 0.05) is 17.1 Å². The Hall–Kier alpha value is -1.52. The number of benzene rings is 1. The van der Waals surface area contributed by atoms with Gasteiger partial charge in [-0.05, 0) is 25.0 Å². The summed E-state index contributed by atoms with van der Waals surface area (Å²) in [5, 5.41) is 10.2. The third-order valence-electron chi connectivity index (χ3n) is 3.55. The van der Waals surface area contributed by atoms with Crippen molar-refractivity contribution >= 4 is 29.2 Å². The number of fused-ring (bicyclic) bond motifs is 1. The molecule has 20 heavy (non-hydrogen) atoms. The number of carboxylic acids is 1. The molecule has 104 valence electrons. The van der Waals surface area contributed by atoms with E-state index in [1.165, 1.54) is 0 Å². The lowest BCUT2D eigenvalue weighted by molar-refractivity contribution is -0.139. The fraction of sp³-hybridized carbons (Fsp3) is 0.286. The van der Waals surface area contributed by atoms with Crippen LogP contribution < -0.4 is 0 Å². The Labute approximate surface area is 126 Å². The highest BCUT2D eigenvalue weighted by Gasteiger charge is 2.32. The lowest BCUT2D eigenvalue weighted by atomic mass is 9.96.